The van der Waals surface area contributed by atoms with Gasteiger partial charge in [-0.2, -0.15) is 4.98 Å². The number of para-hydroxylation sites is 1. The van der Waals surface area contributed by atoms with Crippen LogP contribution in [0.1, 0.15) is 24.8 Å². The first-order chi connectivity index (χ1) is 13.1. The van der Waals surface area contributed by atoms with E-state index in [1.807, 2.05) is 0 Å². The molecule has 6 nitrogen and oxygen atoms in total. The van der Waals surface area contributed by atoms with E-state index in [9.17, 15) is 9.18 Å². The van der Waals surface area contributed by atoms with Crippen molar-refractivity contribution in [1.29, 1.82) is 0 Å². The number of rotatable bonds is 3. The predicted octanol–water partition coefficient (Wildman–Crippen LogP) is 4.90. The van der Waals surface area contributed by atoms with Crippen LogP contribution >= 0.6 is 11.6 Å². The quantitative estimate of drug-likeness (QED) is 0.695. The highest BCUT2D eigenvalue weighted by Gasteiger charge is 2.34. The molecule has 1 aromatic heterocycles. The van der Waals surface area contributed by atoms with E-state index in [-0.39, 0.29) is 11.7 Å². The molecule has 0 spiro atoms. The summed E-state index contributed by atoms with van der Waals surface area (Å²) in [6.45, 7) is 0.531. The van der Waals surface area contributed by atoms with E-state index in [1.165, 1.54) is 12.1 Å². The van der Waals surface area contributed by atoms with Crippen LogP contribution in [0.4, 0.5) is 14.9 Å². The number of carbonyl (C=O) groups is 1. The summed E-state index contributed by atoms with van der Waals surface area (Å²) in [6, 6.07) is 12.4. The number of amides is 2. The SMILES string of the molecule is O=C(Nc1ccccc1F)N1CCCC1c1nc(-c2ccc(Cl)cc2)no1. The molecule has 0 aliphatic carbocycles. The van der Waals surface area contributed by atoms with Crippen LogP contribution in [-0.2, 0) is 0 Å². The van der Waals surface area contributed by atoms with E-state index in [0.29, 0.717) is 29.7 Å². The first-order valence-electron chi connectivity index (χ1n) is 8.53. The molecule has 1 fully saturated rings. The van der Waals surface area contributed by atoms with E-state index in [1.54, 1.807) is 41.3 Å². The van der Waals surface area contributed by atoms with Gasteiger partial charge in [0.2, 0.25) is 11.7 Å². The van der Waals surface area contributed by atoms with E-state index in [4.69, 9.17) is 16.1 Å². The molecular formula is C19H16ClFN4O2. The Balaban J connectivity index is 1.52. The highest BCUT2D eigenvalue weighted by atomic mass is 35.5. The molecule has 8 heteroatoms. The van der Waals surface area contributed by atoms with Crippen LogP contribution < -0.4 is 5.32 Å². The summed E-state index contributed by atoms with van der Waals surface area (Å²) in [4.78, 5) is 18.6. The lowest BCUT2D eigenvalue weighted by Gasteiger charge is -2.22. The number of nitrogens with one attached hydrogen (secondary N) is 1. The highest BCUT2D eigenvalue weighted by molar-refractivity contribution is 6.30. The van der Waals surface area contributed by atoms with Gasteiger partial charge in [-0.3, -0.25) is 0 Å². The third-order valence-corrected chi connectivity index (χ3v) is 4.71. The molecule has 4 rings (SSSR count). The van der Waals surface area contributed by atoms with Gasteiger partial charge in [0.1, 0.15) is 11.9 Å². The molecule has 0 radical (unpaired) electrons. The maximum Gasteiger partial charge on any atom is 0.322 e. The standard InChI is InChI=1S/C19H16ClFN4O2/c20-13-9-7-12(8-10-13)17-23-18(27-24-17)16-6-3-11-25(16)19(26)22-15-5-2-1-4-14(15)21/h1-2,4-5,7-10,16H,3,6,11H2,(H,22,26). The zero-order chi connectivity index (χ0) is 18.8. The molecule has 1 atom stereocenters. The Bertz CT molecular complexity index is 960. The zero-order valence-electron chi connectivity index (χ0n) is 14.2. The molecule has 1 N–H and O–H groups in total. The van der Waals surface area contributed by atoms with Crippen molar-refractivity contribution in [3.05, 3.63) is 65.3 Å². The summed E-state index contributed by atoms with van der Waals surface area (Å²) in [5.74, 6) is 0.313. The monoisotopic (exact) mass is 386 g/mol. The van der Waals surface area contributed by atoms with Gasteiger partial charge in [-0.15, -0.1) is 0 Å². The Morgan fingerprint density at radius 2 is 2.00 bits per heavy atom. The maximum absolute atomic E-state index is 13.8. The van der Waals surface area contributed by atoms with Gasteiger partial charge >= 0.3 is 6.03 Å². The minimum atomic E-state index is -0.482. The molecule has 1 aliphatic heterocycles. The third kappa shape index (κ3) is 3.64. The lowest BCUT2D eigenvalue weighted by atomic mass is 10.2. The Hall–Kier alpha value is -2.93. The molecule has 2 amide bonds. The number of nitrogens with zero attached hydrogens (tertiary/aromatic N) is 3. The van der Waals surface area contributed by atoms with Crippen LogP contribution in [0.15, 0.2) is 53.1 Å². The summed E-state index contributed by atoms with van der Waals surface area (Å²) in [5.41, 5.74) is 0.912. The lowest BCUT2D eigenvalue weighted by molar-refractivity contribution is 0.193. The second kappa shape index (κ2) is 7.36. The molecule has 0 saturated carbocycles. The van der Waals surface area contributed by atoms with Crippen LogP contribution in [0.3, 0.4) is 0 Å². The average Bonchev–Trinajstić information content (AvgIpc) is 3.33. The van der Waals surface area contributed by atoms with Crippen molar-refractivity contribution >= 4 is 23.3 Å². The minimum absolute atomic E-state index is 0.139. The minimum Gasteiger partial charge on any atom is -0.337 e. The number of anilines is 1. The van der Waals surface area contributed by atoms with Gasteiger partial charge in [-0.1, -0.05) is 28.9 Å². The number of likely N-dealkylation sites (tertiary alicyclic amines) is 1. The van der Waals surface area contributed by atoms with Crippen molar-refractivity contribution < 1.29 is 13.7 Å². The van der Waals surface area contributed by atoms with Gasteiger partial charge in [0.15, 0.2) is 0 Å². The fourth-order valence-electron chi connectivity index (χ4n) is 3.10. The predicted molar refractivity (Wildman–Crippen MR) is 98.8 cm³/mol. The molecule has 2 heterocycles. The summed E-state index contributed by atoms with van der Waals surface area (Å²) >= 11 is 5.90. The van der Waals surface area contributed by atoms with Crippen LogP contribution in [0, 0.1) is 5.82 Å². The van der Waals surface area contributed by atoms with E-state index in [2.05, 4.69) is 15.5 Å². The molecule has 1 aliphatic rings. The molecule has 0 bridgehead atoms. The third-order valence-electron chi connectivity index (χ3n) is 4.46. The zero-order valence-corrected chi connectivity index (χ0v) is 15.0. The van der Waals surface area contributed by atoms with Crippen LogP contribution in [0.5, 0.6) is 0 Å². The highest BCUT2D eigenvalue weighted by Crippen LogP contribution is 2.32. The van der Waals surface area contributed by atoms with Crippen LogP contribution in [0.2, 0.25) is 5.02 Å². The van der Waals surface area contributed by atoms with Gasteiger partial charge in [-0.25, -0.2) is 9.18 Å². The topological polar surface area (TPSA) is 71.3 Å². The van der Waals surface area contributed by atoms with E-state index >= 15 is 0 Å². The van der Waals surface area contributed by atoms with Gasteiger partial charge < -0.3 is 14.7 Å². The van der Waals surface area contributed by atoms with Crippen molar-refractivity contribution in [3.8, 4) is 11.4 Å². The number of aromatic nitrogens is 2. The number of hydrogen-bond donors (Lipinski definition) is 1. The molecular weight excluding hydrogens is 371 g/mol. The van der Waals surface area contributed by atoms with Gasteiger partial charge in [0.05, 0.1) is 5.69 Å². The van der Waals surface area contributed by atoms with Gasteiger partial charge in [-0.05, 0) is 49.2 Å². The first-order valence-corrected chi connectivity index (χ1v) is 8.91. The summed E-state index contributed by atoms with van der Waals surface area (Å²) in [6.07, 6.45) is 1.50. The van der Waals surface area contributed by atoms with E-state index < -0.39 is 11.8 Å². The Labute approximate surface area is 159 Å². The number of halogens is 2. The number of benzene rings is 2. The fourth-order valence-corrected chi connectivity index (χ4v) is 3.23. The second-order valence-corrected chi connectivity index (χ2v) is 6.66. The van der Waals surface area contributed by atoms with Crippen LogP contribution in [0.25, 0.3) is 11.4 Å². The van der Waals surface area contributed by atoms with Gasteiger partial charge in [0.25, 0.3) is 0 Å². The Morgan fingerprint density at radius 3 is 2.78 bits per heavy atom. The molecule has 3 aromatic rings. The normalized spacial score (nSPS) is 16.5. The Kier molecular flexibility index (Phi) is 4.77. The summed E-state index contributed by atoms with van der Waals surface area (Å²) in [5, 5.41) is 7.23. The fraction of sp³-hybridized carbons (Fsp3) is 0.211. The molecule has 27 heavy (non-hydrogen) atoms. The van der Waals surface area contributed by atoms with Crippen LogP contribution in [-0.4, -0.2) is 27.6 Å². The number of urea groups is 1. The van der Waals surface area contributed by atoms with E-state index in [0.717, 1.165) is 12.0 Å². The summed E-state index contributed by atoms with van der Waals surface area (Å²) < 4.78 is 19.2. The summed E-state index contributed by atoms with van der Waals surface area (Å²) in [7, 11) is 0. The molecule has 1 saturated heterocycles. The molecule has 138 valence electrons. The lowest BCUT2D eigenvalue weighted by Crippen LogP contribution is -2.34. The second-order valence-electron chi connectivity index (χ2n) is 6.22. The first kappa shape index (κ1) is 17.5. The molecule has 2 aromatic carbocycles. The van der Waals surface area contributed by atoms with Crippen molar-refractivity contribution in [2.45, 2.75) is 18.9 Å². The van der Waals surface area contributed by atoms with Crippen molar-refractivity contribution in [2.75, 3.05) is 11.9 Å². The maximum atomic E-state index is 13.8. The smallest absolute Gasteiger partial charge is 0.322 e. The average molecular weight is 387 g/mol. The number of hydrogen-bond acceptors (Lipinski definition) is 4. The largest absolute Gasteiger partial charge is 0.337 e. The Morgan fingerprint density at radius 1 is 1.22 bits per heavy atom. The van der Waals surface area contributed by atoms with Crippen molar-refractivity contribution in [1.82, 2.24) is 15.0 Å². The molecule has 1 unspecified atom stereocenters. The number of carbonyl (C=O) groups excluding carboxylic acids is 1. The van der Waals surface area contributed by atoms with Gasteiger partial charge in [0, 0.05) is 17.1 Å². The van der Waals surface area contributed by atoms with Crippen molar-refractivity contribution in [3.63, 3.8) is 0 Å². The van der Waals surface area contributed by atoms with Crippen molar-refractivity contribution in [2.24, 2.45) is 0 Å².